The van der Waals surface area contributed by atoms with Crippen LogP contribution < -0.4 is 0 Å². The van der Waals surface area contributed by atoms with E-state index in [9.17, 15) is 4.79 Å². The number of aromatic nitrogens is 2. The number of aldehydes is 1. The second-order valence-corrected chi connectivity index (χ2v) is 5.27. The second kappa shape index (κ2) is 2.73. The normalized spacial score (nSPS) is 23.2. The van der Waals surface area contributed by atoms with Gasteiger partial charge in [0.25, 0.3) is 0 Å². The summed E-state index contributed by atoms with van der Waals surface area (Å²) in [6.45, 7) is 0. The topological polar surface area (TPSA) is 26.9 Å². The van der Waals surface area contributed by atoms with E-state index < -0.39 is 0 Å². The average Bonchev–Trinajstić information content (AvgIpc) is 3.09. The monoisotopic (exact) mass is 226 g/mol. The van der Waals surface area contributed by atoms with Crippen LogP contribution in [-0.4, -0.2) is 15.6 Å². The van der Waals surface area contributed by atoms with Crippen molar-refractivity contribution in [2.75, 3.05) is 0 Å². The summed E-state index contributed by atoms with van der Waals surface area (Å²) >= 11 is 0. The Morgan fingerprint density at radius 2 is 2.12 bits per heavy atom. The zero-order valence-corrected chi connectivity index (χ0v) is 9.76. The molecule has 2 heterocycles. The second-order valence-electron chi connectivity index (χ2n) is 5.27. The van der Waals surface area contributed by atoms with Crippen molar-refractivity contribution in [3.63, 3.8) is 0 Å². The lowest BCUT2D eigenvalue weighted by atomic mass is 9.91. The van der Waals surface area contributed by atoms with Crippen LogP contribution in [0, 0.1) is 5.41 Å². The molecule has 1 aliphatic heterocycles. The van der Waals surface area contributed by atoms with Gasteiger partial charge in [-0.2, -0.15) is 0 Å². The van der Waals surface area contributed by atoms with Crippen LogP contribution in [-0.2, 0) is 11.8 Å². The van der Waals surface area contributed by atoms with Gasteiger partial charge in [-0.05, 0) is 18.4 Å². The van der Waals surface area contributed by atoms with Gasteiger partial charge in [-0.25, -0.2) is 0 Å². The first-order valence-electron chi connectivity index (χ1n) is 6.06. The van der Waals surface area contributed by atoms with Gasteiger partial charge in [0.2, 0.25) is 0 Å². The summed E-state index contributed by atoms with van der Waals surface area (Å²) in [5.74, 6) is 0. The molecule has 0 radical (unpaired) electrons. The molecule has 3 nitrogen and oxygen atoms in total. The highest BCUT2D eigenvalue weighted by atomic mass is 16.1. The Morgan fingerprint density at radius 1 is 1.35 bits per heavy atom. The Balaban J connectivity index is 1.97. The molecule has 1 saturated carbocycles. The number of hydrogen-bond donors (Lipinski definition) is 0. The molecule has 1 fully saturated rings. The largest absolute Gasteiger partial charge is 0.303 e. The van der Waals surface area contributed by atoms with E-state index in [0.717, 1.165) is 12.8 Å². The third kappa shape index (κ3) is 0.954. The van der Waals surface area contributed by atoms with Crippen molar-refractivity contribution >= 4 is 6.29 Å². The lowest BCUT2D eigenvalue weighted by Gasteiger charge is -2.27. The molecule has 0 spiro atoms. The van der Waals surface area contributed by atoms with Crippen LogP contribution in [0.1, 0.15) is 24.4 Å². The number of rotatable bonds is 2. The molecule has 4 rings (SSSR count). The van der Waals surface area contributed by atoms with Gasteiger partial charge in [-0.1, -0.05) is 24.3 Å². The first kappa shape index (κ1) is 9.28. The molecule has 1 unspecified atom stereocenters. The highest BCUT2D eigenvalue weighted by molar-refractivity contribution is 5.75. The summed E-state index contributed by atoms with van der Waals surface area (Å²) in [7, 11) is 2.04. The Labute approximate surface area is 99.6 Å². The highest BCUT2D eigenvalue weighted by Crippen LogP contribution is 2.59. The molecule has 17 heavy (non-hydrogen) atoms. The minimum absolute atomic E-state index is 0.139. The van der Waals surface area contributed by atoms with Crippen molar-refractivity contribution in [1.82, 2.24) is 9.36 Å². The van der Waals surface area contributed by atoms with E-state index in [-0.39, 0.29) is 11.5 Å². The minimum atomic E-state index is -0.139. The van der Waals surface area contributed by atoms with E-state index in [4.69, 9.17) is 0 Å². The molecule has 3 heteroatoms. The van der Waals surface area contributed by atoms with Crippen LogP contribution in [0.5, 0.6) is 0 Å². The molecular formula is C14H14N2O. The van der Waals surface area contributed by atoms with E-state index in [0.29, 0.717) is 0 Å². The molecule has 0 N–H and O–H groups in total. The third-order valence-corrected chi connectivity index (χ3v) is 4.28. The van der Waals surface area contributed by atoms with E-state index in [1.807, 2.05) is 7.05 Å². The van der Waals surface area contributed by atoms with Gasteiger partial charge in [0.05, 0.1) is 17.2 Å². The summed E-state index contributed by atoms with van der Waals surface area (Å²) in [4.78, 5) is 11.4. The van der Waals surface area contributed by atoms with E-state index in [1.165, 1.54) is 23.1 Å². The maximum absolute atomic E-state index is 11.4. The van der Waals surface area contributed by atoms with Crippen molar-refractivity contribution in [1.29, 1.82) is 0 Å². The molecule has 0 bridgehead atoms. The molecule has 0 amide bonds. The quantitative estimate of drug-likeness (QED) is 0.722. The fourth-order valence-corrected chi connectivity index (χ4v) is 3.18. The fourth-order valence-electron chi connectivity index (χ4n) is 3.18. The standard InChI is InChI=1S/C14H14N2O/c1-15-8-12-10-4-2-3-5-11(10)13(16(12)15)14(9-17)6-7-14/h2-5,8-9,13H,6-7H2,1H3. The molecule has 1 aromatic heterocycles. The number of carbonyl (C=O) groups excluding carboxylic acids is 1. The van der Waals surface area contributed by atoms with Crippen LogP contribution in [0.25, 0.3) is 11.3 Å². The molecule has 1 aromatic carbocycles. The zero-order valence-electron chi connectivity index (χ0n) is 9.76. The Hall–Kier alpha value is -1.77. The van der Waals surface area contributed by atoms with E-state index in [1.54, 1.807) is 0 Å². The lowest BCUT2D eigenvalue weighted by Crippen LogP contribution is -2.28. The van der Waals surface area contributed by atoms with Crippen molar-refractivity contribution in [3.05, 3.63) is 36.0 Å². The smallest absolute Gasteiger partial charge is 0.128 e. The maximum atomic E-state index is 11.4. The number of hydrogen-bond acceptors (Lipinski definition) is 1. The summed E-state index contributed by atoms with van der Waals surface area (Å²) in [5, 5.41) is 0. The van der Waals surface area contributed by atoms with Crippen molar-refractivity contribution in [2.45, 2.75) is 18.9 Å². The van der Waals surface area contributed by atoms with Crippen LogP contribution >= 0.6 is 0 Å². The Morgan fingerprint density at radius 3 is 2.76 bits per heavy atom. The van der Waals surface area contributed by atoms with Crippen molar-refractivity contribution in [3.8, 4) is 11.3 Å². The summed E-state index contributed by atoms with van der Waals surface area (Å²) < 4.78 is 4.37. The van der Waals surface area contributed by atoms with Gasteiger partial charge >= 0.3 is 0 Å². The lowest BCUT2D eigenvalue weighted by molar-refractivity contribution is -0.113. The van der Waals surface area contributed by atoms with Gasteiger partial charge in [0, 0.05) is 18.8 Å². The first-order chi connectivity index (χ1) is 8.27. The number of fused-ring (bicyclic) bond motifs is 3. The number of nitrogens with zero attached hydrogens (tertiary/aromatic N) is 2. The summed E-state index contributed by atoms with van der Waals surface area (Å²) in [5.41, 5.74) is 3.73. The van der Waals surface area contributed by atoms with Crippen molar-refractivity contribution in [2.24, 2.45) is 12.5 Å². The summed E-state index contributed by atoms with van der Waals surface area (Å²) in [6, 6.07) is 8.68. The van der Waals surface area contributed by atoms with Gasteiger partial charge in [0.15, 0.2) is 0 Å². The molecular weight excluding hydrogens is 212 g/mol. The number of benzene rings is 1. The molecule has 2 aromatic rings. The molecule has 2 aliphatic rings. The fraction of sp³-hybridized carbons (Fsp3) is 0.357. The van der Waals surface area contributed by atoms with Crippen LogP contribution in [0.2, 0.25) is 0 Å². The molecule has 1 aliphatic carbocycles. The van der Waals surface area contributed by atoms with Crippen molar-refractivity contribution < 1.29 is 4.79 Å². The Kier molecular flexibility index (Phi) is 1.49. The third-order valence-electron chi connectivity index (χ3n) is 4.28. The molecule has 1 atom stereocenters. The van der Waals surface area contributed by atoms with E-state index >= 15 is 0 Å². The van der Waals surface area contributed by atoms with E-state index in [2.05, 4.69) is 39.8 Å². The maximum Gasteiger partial charge on any atom is 0.128 e. The van der Waals surface area contributed by atoms with Gasteiger partial charge in [-0.15, -0.1) is 0 Å². The van der Waals surface area contributed by atoms with Gasteiger partial charge < -0.3 is 4.79 Å². The Bertz CT molecular complexity index is 616. The van der Waals surface area contributed by atoms with Crippen LogP contribution in [0.4, 0.5) is 0 Å². The zero-order chi connectivity index (χ0) is 11.6. The number of carbonyl (C=O) groups is 1. The van der Waals surface area contributed by atoms with Gasteiger partial charge in [-0.3, -0.25) is 9.36 Å². The number of aryl methyl sites for hydroxylation is 1. The van der Waals surface area contributed by atoms with Crippen LogP contribution in [0.15, 0.2) is 30.5 Å². The van der Waals surface area contributed by atoms with Gasteiger partial charge in [0.1, 0.15) is 6.29 Å². The molecule has 86 valence electrons. The minimum Gasteiger partial charge on any atom is -0.303 e. The predicted molar refractivity (Wildman–Crippen MR) is 64.7 cm³/mol. The van der Waals surface area contributed by atoms with Crippen LogP contribution in [0.3, 0.4) is 0 Å². The highest BCUT2D eigenvalue weighted by Gasteiger charge is 2.55. The summed E-state index contributed by atoms with van der Waals surface area (Å²) in [6.07, 6.45) is 5.35. The predicted octanol–water partition coefficient (Wildman–Crippen LogP) is 2.38. The SMILES string of the molecule is Cn1cc2n1C(C1(C=O)CC1)c1ccccc1-2. The molecule has 0 saturated heterocycles. The average molecular weight is 226 g/mol. The first-order valence-corrected chi connectivity index (χ1v) is 6.06.